The molecule has 43 heavy (non-hydrogen) atoms. The van der Waals surface area contributed by atoms with Gasteiger partial charge in [-0.15, -0.1) is 0 Å². The summed E-state index contributed by atoms with van der Waals surface area (Å²) >= 11 is 5.82. The lowest BCUT2D eigenvalue weighted by Gasteiger charge is -2.24. The van der Waals surface area contributed by atoms with Gasteiger partial charge in [-0.25, -0.2) is 8.78 Å². The number of carboxylic acids is 1. The summed E-state index contributed by atoms with van der Waals surface area (Å²) in [7, 11) is 0. The second-order valence-electron chi connectivity index (χ2n) is 11.0. The second kappa shape index (κ2) is 12.8. The molecular formula is C34H30ClF2NO5. The molecule has 9 heteroatoms. The Balaban J connectivity index is 1.20. The molecule has 0 bridgehead atoms. The highest BCUT2D eigenvalue weighted by atomic mass is 35.5. The highest BCUT2D eigenvalue weighted by molar-refractivity contribution is 6.30. The van der Waals surface area contributed by atoms with Gasteiger partial charge in [0.05, 0.1) is 11.4 Å². The van der Waals surface area contributed by atoms with Gasteiger partial charge in [0.1, 0.15) is 41.9 Å². The first-order valence-electron chi connectivity index (χ1n) is 13.8. The molecule has 4 aromatic rings. The summed E-state index contributed by atoms with van der Waals surface area (Å²) in [5, 5.41) is 9.54. The van der Waals surface area contributed by atoms with Crippen LogP contribution in [0.1, 0.15) is 34.7 Å². The normalized spacial score (nSPS) is 15.4. The van der Waals surface area contributed by atoms with E-state index in [1.165, 1.54) is 29.2 Å². The Bertz CT molecular complexity index is 1630. The Morgan fingerprint density at radius 3 is 2.30 bits per heavy atom. The first kappa shape index (κ1) is 30.0. The average Bonchev–Trinajstić information content (AvgIpc) is 3.29. The summed E-state index contributed by atoms with van der Waals surface area (Å²) in [5.74, 6) is -0.918. The molecule has 4 aromatic carbocycles. The number of ether oxygens (including phenoxy) is 2. The Kier molecular flexibility index (Phi) is 8.97. The van der Waals surface area contributed by atoms with Crippen LogP contribution in [0.2, 0.25) is 5.02 Å². The zero-order valence-electron chi connectivity index (χ0n) is 23.5. The second-order valence-corrected chi connectivity index (χ2v) is 11.4. The van der Waals surface area contributed by atoms with Crippen LogP contribution in [0.4, 0.5) is 8.78 Å². The lowest BCUT2D eigenvalue weighted by Crippen LogP contribution is -2.36. The van der Waals surface area contributed by atoms with Crippen LogP contribution in [0.15, 0.2) is 84.9 Å². The van der Waals surface area contributed by atoms with E-state index >= 15 is 0 Å². The highest BCUT2D eigenvalue weighted by Crippen LogP contribution is 2.38. The van der Waals surface area contributed by atoms with Crippen LogP contribution in [0.3, 0.4) is 0 Å². The maximum atomic E-state index is 14.0. The molecule has 6 nitrogen and oxygen atoms in total. The molecule has 222 valence electrons. The Morgan fingerprint density at radius 1 is 0.930 bits per heavy atom. The van der Waals surface area contributed by atoms with E-state index in [-0.39, 0.29) is 36.3 Å². The summed E-state index contributed by atoms with van der Waals surface area (Å²) in [6.45, 7) is 1.91. The van der Waals surface area contributed by atoms with Crippen LogP contribution in [0, 0.1) is 11.6 Å². The molecule has 0 radical (unpaired) electrons. The standard InChI is InChI=1S/C34H30ClF2NO5/c1-34(17-25-6-12-29(35)30(37)15-25)18-26-14-24(7-13-31(26)43-34)16-32(39)38(20-33(40)41)19-22-4-10-28(11-5-22)42-21-23-2-8-27(36)9-3-23/h2-15H,16-21H2,1H3,(H,40,41)/t34-/m0/s1. The van der Waals surface area contributed by atoms with Gasteiger partial charge in [-0.2, -0.15) is 0 Å². The molecule has 0 fully saturated rings. The van der Waals surface area contributed by atoms with Crippen LogP contribution in [0.25, 0.3) is 0 Å². The van der Waals surface area contributed by atoms with Gasteiger partial charge >= 0.3 is 5.97 Å². The lowest BCUT2D eigenvalue weighted by molar-refractivity contribution is -0.144. The maximum Gasteiger partial charge on any atom is 0.323 e. The van der Waals surface area contributed by atoms with E-state index in [0.717, 1.165) is 27.8 Å². The number of fused-ring (bicyclic) bond motifs is 1. The molecule has 1 heterocycles. The topological polar surface area (TPSA) is 76.1 Å². The summed E-state index contributed by atoms with van der Waals surface area (Å²) in [4.78, 5) is 26.2. The third-order valence-electron chi connectivity index (χ3n) is 7.26. The van der Waals surface area contributed by atoms with Gasteiger partial charge in [-0.1, -0.05) is 54.1 Å². The minimum Gasteiger partial charge on any atom is -0.489 e. The Labute approximate surface area is 253 Å². The van der Waals surface area contributed by atoms with Crippen LogP contribution in [-0.4, -0.2) is 34.0 Å². The largest absolute Gasteiger partial charge is 0.489 e. The summed E-state index contributed by atoms with van der Waals surface area (Å²) in [5.41, 5.74) is 3.43. The molecule has 0 aromatic heterocycles. The van der Waals surface area contributed by atoms with Gasteiger partial charge in [0, 0.05) is 19.4 Å². The lowest BCUT2D eigenvalue weighted by atomic mass is 9.91. The van der Waals surface area contributed by atoms with Gasteiger partial charge in [0.15, 0.2) is 0 Å². The van der Waals surface area contributed by atoms with E-state index in [1.54, 1.807) is 48.5 Å². The van der Waals surface area contributed by atoms with E-state index in [0.29, 0.717) is 24.3 Å². The van der Waals surface area contributed by atoms with Crippen molar-refractivity contribution in [2.24, 2.45) is 0 Å². The van der Waals surface area contributed by atoms with E-state index in [4.69, 9.17) is 21.1 Å². The number of halogens is 3. The number of carbonyl (C=O) groups is 2. The predicted molar refractivity (Wildman–Crippen MR) is 158 cm³/mol. The zero-order valence-corrected chi connectivity index (χ0v) is 24.2. The van der Waals surface area contributed by atoms with Crippen molar-refractivity contribution >= 4 is 23.5 Å². The molecule has 1 aliphatic heterocycles. The average molecular weight is 606 g/mol. The van der Waals surface area contributed by atoms with Crippen molar-refractivity contribution in [2.45, 2.75) is 44.9 Å². The first-order chi connectivity index (χ1) is 20.5. The minimum atomic E-state index is -1.11. The smallest absolute Gasteiger partial charge is 0.323 e. The number of hydrogen-bond acceptors (Lipinski definition) is 4. The quantitative estimate of drug-likeness (QED) is 0.204. The number of aliphatic carboxylic acids is 1. The predicted octanol–water partition coefficient (Wildman–Crippen LogP) is 6.79. The number of benzene rings is 4. The fourth-order valence-electron chi connectivity index (χ4n) is 5.21. The van der Waals surface area contributed by atoms with Crippen molar-refractivity contribution in [2.75, 3.05) is 6.54 Å². The van der Waals surface area contributed by atoms with Gasteiger partial charge in [-0.3, -0.25) is 9.59 Å². The number of rotatable bonds is 11. The fourth-order valence-corrected chi connectivity index (χ4v) is 5.32. The maximum absolute atomic E-state index is 14.0. The molecule has 0 spiro atoms. The van der Waals surface area contributed by atoms with Gasteiger partial charge in [0.2, 0.25) is 5.91 Å². The van der Waals surface area contributed by atoms with Crippen LogP contribution >= 0.6 is 11.6 Å². The molecule has 1 N–H and O–H groups in total. The molecule has 0 saturated carbocycles. The summed E-state index contributed by atoms with van der Waals surface area (Å²) in [6.07, 6.45) is 1.08. The number of hydrogen-bond donors (Lipinski definition) is 1. The molecule has 5 rings (SSSR count). The van der Waals surface area contributed by atoms with Crippen molar-refractivity contribution in [3.05, 3.63) is 129 Å². The Hall–Kier alpha value is -4.43. The van der Waals surface area contributed by atoms with Crippen molar-refractivity contribution in [3.8, 4) is 11.5 Å². The fraction of sp³-hybridized carbons (Fsp3) is 0.235. The monoisotopic (exact) mass is 605 g/mol. The van der Waals surface area contributed by atoms with Gasteiger partial charge < -0.3 is 19.5 Å². The summed E-state index contributed by atoms with van der Waals surface area (Å²) < 4.78 is 39.0. The first-order valence-corrected chi connectivity index (χ1v) is 14.1. The van der Waals surface area contributed by atoms with E-state index in [9.17, 15) is 23.5 Å². The van der Waals surface area contributed by atoms with Crippen molar-refractivity contribution in [3.63, 3.8) is 0 Å². The highest BCUT2D eigenvalue weighted by Gasteiger charge is 2.35. The third kappa shape index (κ3) is 7.90. The van der Waals surface area contributed by atoms with Crippen LogP contribution < -0.4 is 9.47 Å². The third-order valence-corrected chi connectivity index (χ3v) is 7.56. The number of carbonyl (C=O) groups excluding carboxylic acids is 1. The number of nitrogens with zero attached hydrogens (tertiary/aromatic N) is 1. The SMILES string of the molecule is C[C@]1(Cc2ccc(Cl)c(F)c2)Cc2cc(CC(=O)N(CC(=O)O)Cc3ccc(OCc4ccc(F)cc4)cc3)ccc2O1. The molecule has 0 unspecified atom stereocenters. The van der Waals surface area contributed by atoms with Crippen LogP contribution in [0.5, 0.6) is 11.5 Å². The summed E-state index contributed by atoms with van der Waals surface area (Å²) in [6, 6.07) is 23.3. The molecule has 0 aliphatic carbocycles. The van der Waals surface area contributed by atoms with Crippen molar-refractivity contribution in [1.29, 1.82) is 0 Å². The number of amides is 1. The molecule has 1 aliphatic rings. The number of carboxylic acid groups (broad SMARTS) is 1. The zero-order chi connectivity index (χ0) is 30.6. The molecular weight excluding hydrogens is 576 g/mol. The van der Waals surface area contributed by atoms with Gasteiger partial charge in [-0.05, 0) is 77.2 Å². The van der Waals surface area contributed by atoms with E-state index in [1.807, 2.05) is 19.1 Å². The van der Waals surface area contributed by atoms with Crippen LogP contribution in [-0.2, 0) is 42.0 Å². The van der Waals surface area contributed by atoms with E-state index in [2.05, 4.69) is 0 Å². The van der Waals surface area contributed by atoms with Crippen molar-refractivity contribution < 1.29 is 33.0 Å². The molecule has 1 atom stereocenters. The minimum absolute atomic E-state index is 0.0263. The van der Waals surface area contributed by atoms with Gasteiger partial charge in [0.25, 0.3) is 0 Å². The van der Waals surface area contributed by atoms with Crippen molar-refractivity contribution in [1.82, 2.24) is 4.90 Å². The van der Waals surface area contributed by atoms with E-state index < -0.39 is 23.9 Å². The Morgan fingerprint density at radius 2 is 1.60 bits per heavy atom. The molecule has 0 saturated heterocycles. The molecule has 1 amide bonds.